The predicted octanol–water partition coefficient (Wildman–Crippen LogP) is 4.75. The van der Waals surface area contributed by atoms with Crippen LogP contribution in [0.15, 0.2) is 39.5 Å². The third kappa shape index (κ3) is 2.38. The van der Waals surface area contributed by atoms with Gasteiger partial charge in [0.05, 0.1) is 0 Å². The molecule has 72 valence electrons. The zero-order chi connectivity index (χ0) is 9.97. The van der Waals surface area contributed by atoms with E-state index in [0.717, 1.165) is 11.4 Å². The van der Waals surface area contributed by atoms with Crippen LogP contribution in [0, 0.1) is 0 Å². The molecule has 3 heteroatoms. The van der Waals surface area contributed by atoms with E-state index in [1.807, 2.05) is 18.2 Å². The zero-order valence-electron chi connectivity index (χ0n) is 7.34. The Morgan fingerprint density at radius 3 is 2.79 bits per heavy atom. The molecule has 1 aromatic carbocycles. The van der Waals surface area contributed by atoms with Crippen LogP contribution < -0.4 is 0 Å². The molecule has 1 heterocycles. The van der Waals surface area contributed by atoms with Gasteiger partial charge in [-0.05, 0) is 51.0 Å². The van der Waals surface area contributed by atoms with Gasteiger partial charge in [-0.15, -0.1) is 0 Å². The highest BCUT2D eigenvalue weighted by atomic mass is 79.9. The second-order valence-electron chi connectivity index (χ2n) is 3.05. The molecule has 1 aromatic heterocycles. The molecule has 2 rings (SSSR count). The van der Waals surface area contributed by atoms with E-state index in [-0.39, 0.29) is 0 Å². The average molecular weight is 288 g/mol. The van der Waals surface area contributed by atoms with Gasteiger partial charge in [-0.1, -0.05) is 23.7 Å². The van der Waals surface area contributed by atoms with Gasteiger partial charge in [0, 0.05) is 14.9 Å². The summed E-state index contributed by atoms with van der Waals surface area (Å²) in [5.41, 5.74) is 2.56. The Labute approximate surface area is 101 Å². The Hall–Kier alpha value is -0.310. The minimum Gasteiger partial charge on any atom is -0.151 e. The van der Waals surface area contributed by atoms with Crippen LogP contribution in [0.4, 0.5) is 0 Å². The Kier molecular flexibility index (Phi) is 3.26. The van der Waals surface area contributed by atoms with Crippen LogP contribution in [0.2, 0.25) is 5.02 Å². The molecule has 0 aliphatic heterocycles. The van der Waals surface area contributed by atoms with Gasteiger partial charge < -0.3 is 0 Å². The summed E-state index contributed by atoms with van der Waals surface area (Å²) in [5.74, 6) is 0. The molecule has 14 heavy (non-hydrogen) atoms. The normalized spacial score (nSPS) is 10.4. The van der Waals surface area contributed by atoms with E-state index in [4.69, 9.17) is 11.6 Å². The topological polar surface area (TPSA) is 0 Å². The van der Waals surface area contributed by atoms with E-state index in [9.17, 15) is 0 Å². The van der Waals surface area contributed by atoms with E-state index in [1.165, 1.54) is 15.6 Å². The van der Waals surface area contributed by atoms with Crippen molar-refractivity contribution >= 4 is 38.9 Å². The van der Waals surface area contributed by atoms with Gasteiger partial charge >= 0.3 is 0 Å². The Bertz CT molecular complexity index is 436. The third-order valence-electron chi connectivity index (χ3n) is 1.97. The highest BCUT2D eigenvalue weighted by Gasteiger charge is 2.02. The van der Waals surface area contributed by atoms with Crippen LogP contribution in [0.1, 0.15) is 11.1 Å². The van der Waals surface area contributed by atoms with Crippen LogP contribution in [-0.2, 0) is 6.42 Å². The monoisotopic (exact) mass is 286 g/mol. The fourth-order valence-corrected chi connectivity index (χ4v) is 2.96. The van der Waals surface area contributed by atoms with Crippen molar-refractivity contribution < 1.29 is 0 Å². The first-order chi connectivity index (χ1) is 6.75. The summed E-state index contributed by atoms with van der Waals surface area (Å²) in [6.07, 6.45) is 0.935. The third-order valence-corrected chi connectivity index (χ3v) is 4.04. The van der Waals surface area contributed by atoms with Gasteiger partial charge in [0.1, 0.15) is 0 Å². The highest BCUT2D eigenvalue weighted by molar-refractivity contribution is 9.10. The summed E-state index contributed by atoms with van der Waals surface area (Å²) >= 11 is 11.1. The molecule has 2 aromatic rings. The molecular formula is C11H8BrClS. The van der Waals surface area contributed by atoms with Crippen molar-refractivity contribution in [2.45, 2.75) is 6.42 Å². The number of thiophene rings is 1. The SMILES string of the molecule is Clc1cccc(Cc2cscc2Br)c1. The van der Waals surface area contributed by atoms with Gasteiger partial charge in [-0.3, -0.25) is 0 Å². The molecule has 0 unspecified atom stereocenters. The molecular weight excluding hydrogens is 280 g/mol. The van der Waals surface area contributed by atoms with Gasteiger partial charge in [0.25, 0.3) is 0 Å². The van der Waals surface area contributed by atoms with Crippen molar-refractivity contribution in [2.24, 2.45) is 0 Å². The number of hydrogen-bond acceptors (Lipinski definition) is 1. The Morgan fingerprint density at radius 2 is 2.14 bits per heavy atom. The second kappa shape index (κ2) is 4.47. The van der Waals surface area contributed by atoms with Crippen molar-refractivity contribution in [3.8, 4) is 0 Å². The molecule has 0 saturated carbocycles. The maximum Gasteiger partial charge on any atom is 0.0408 e. The standard InChI is InChI=1S/C11H8BrClS/c12-11-7-14-6-9(11)4-8-2-1-3-10(13)5-8/h1-3,5-7H,4H2. The second-order valence-corrected chi connectivity index (χ2v) is 5.09. The van der Waals surface area contributed by atoms with E-state index in [0.29, 0.717) is 0 Å². The van der Waals surface area contributed by atoms with Crippen LogP contribution in [0.25, 0.3) is 0 Å². The molecule has 0 saturated heterocycles. The predicted molar refractivity (Wildman–Crippen MR) is 66.3 cm³/mol. The van der Waals surface area contributed by atoms with Crippen molar-refractivity contribution in [1.29, 1.82) is 0 Å². The Morgan fingerprint density at radius 1 is 1.29 bits per heavy atom. The van der Waals surface area contributed by atoms with E-state index < -0.39 is 0 Å². The van der Waals surface area contributed by atoms with Crippen LogP contribution >= 0.6 is 38.9 Å². The minimum absolute atomic E-state index is 0.800. The summed E-state index contributed by atoms with van der Waals surface area (Å²) in [6.45, 7) is 0. The molecule has 0 N–H and O–H groups in total. The molecule has 0 aliphatic carbocycles. The van der Waals surface area contributed by atoms with Crippen molar-refractivity contribution in [3.63, 3.8) is 0 Å². The fraction of sp³-hybridized carbons (Fsp3) is 0.0909. The van der Waals surface area contributed by atoms with Gasteiger partial charge in [-0.2, -0.15) is 11.3 Å². The van der Waals surface area contributed by atoms with Crippen molar-refractivity contribution in [2.75, 3.05) is 0 Å². The molecule has 0 amide bonds. The smallest absolute Gasteiger partial charge is 0.0408 e. The maximum atomic E-state index is 5.92. The first kappa shape index (κ1) is 10.2. The number of halogens is 2. The number of benzene rings is 1. The molecule has 0 radical (unpaired) electrons. The number of hydrogen-bond donors (Lipinski definition) is 0. The lowest BCUT2D eigenvalue weighted by Gasteiger charge is -2.00. The fourth-order valence-electron chi connectivity index (χ4n) is 1.30. The first-order valence-electron chi connectivity index (χ1n) is 4.21. The lowest BCUT2D eigenvalue weighted by Crippen LogP contribution is -1.85. The van der Waals surface area contributed by atoms with Crippen molar-refractivity contribution in [1.82, 2.24) is 0 Å². The lowest BCUT2D eigenvalue weighted by molar-refractivity contribution is 1.20. The van der Waals surface area contributed by atoms with Gasteiger partial charge in [-0.25, -0.2) is 0 Å². The van der Waals surface area contributed by atoms with Crippen molar-refractivity contribution in [3.05, 3.63) is 55.6 Å². The molecule has 0 nitrogen and oxygen atoms in total. The summed E-state index contributed by atoms with van der Waals surface area (Å²) in [7, 11) is 0. The molecule has 0 fully saturated rings. The summed E-state index contributed by atoms with van der Waals surface area (Å²) in [4.78, 5) is 0. The van der Waals surface area contributed by atoms with Crippen LogP contribution in [0.3, 0.4) is 0 Å². The highest BCUT2D eigenvalue weighted by Crippen LogP contribution is 2.24. The average Bonchev–Trinajstić information content (AvgIpc) is 2.52. The number of rotatable bonds is 2. The van der Waals surface area contributed by atoms with Gasteiger partial charge in [0.15, 0.2) is 0 Å². The van der Waals surface area contributed by atoms with E-state index in [2.05, 4.69) is 32.8 Å². The quantitative estimate of drug-likeness (QED) is 0.747. The van der Waals surface area contributed by atoms with Crippen LogP contribution in [-0.4, -0.2) is 0 Å². The summed E-state index contributed by atoms with van der Waals surface area (Å²) in [6, 6.07) is 7.98. The molecule has 0 atom stereocenters. The summed E-state index contributed by atoms with van der Waals surface area (Å²) < 4.78 is 1.18. The molecule has 0 spiro atoms. The minimum atomic E-state index is 0.800. The first-order valence-corrected chi connectivity index (χ1v) is 6.32. The van der Waals surface area contributed by atoms with E-state index in [1.54, 1.807) is 11.3 Å². The summed E-state index contributed by atoms with van der Waals surface area (Å²) in [5, 5.41) is 5.05. The van der Waals surface area contributed by atoms with Gasteiger partial charge in [0.2, 0.25) is 0 Å². The largest absolute Gasteiger partial charge is 0.151 e. The maximum absolute atomic E-state index is 5.92. The zero-order valence-corrected chi connectivity index (χ0v) is 10.5. The van der Waals surface area contributed by atoms with Crippen LogP contribution in [0.5, 0.6) is 0 Å². The molecule has 0 aliphatic rings. The Balaban J connectivity index is 2.23. The molecule has 0 bridgehead atoms. The lowest BCUT2D eigenvalue weighted by atomic mass is 10.1. The van der Waals surface area contributed by atoms with E-state index >= 15 is 0 Å².